The third kappa shape index (κ3) is 2.58. The third-order valence-electron chi connectivity index (χ3n) is 1.94. The number of esters is 1. The molecule has 1 aromatic heterocycles. The third-order valence-corrected chi connectivity index (χ3v) is 3.62. The average molecular weight is 247 g/mol. The molecule has 0 aliphatic heterocycles. The second-order valence-corrected chi connectivity index (χ2v) is 5.21. The number of ether oxygens (including phenoxy) is 1. The molecule has 1 rings (SSSR count). The van der Waals surface area contributed by atoms with Crippen LogP contribution in [0.5, 0.6) is 0 Å². The fourth-order valence-electron chi connectivity index (χ4n) is 1.01. The van der Waals surface area contributed by atoms with E-state index in [2.05, 4.69) is 9.72 Å². The van der Waals surface area contributed by atoms with Gasteiger partial charge < -0.3 is 9.30 Å². The lowest BCUT2D eigenvalue weighted by molar-refractivity contribution is -0.140. The Labute approximate surface area is 93.7 Å². The van der Waals surface area contributed by atoms with Crippen LogP contribution in [0.25, 0.3) is 0 Å². The predicted molar refractivity (Wildman–Crippen MR) is 55.0 cm³/mol. The summed E-state index contributed by atoms with van der Waals surface area (Å²) in [5.41, 5.74) is 0. The van der Waals surface area contributed by atoms with E-state index in [1.54, 1.807) is 7.05 Å². The molecule has 0 aromatic carbocycles. The Balaban J connectivity index is 2.90. The molecule has 1 aromatic rings. The summed E-state index contributed by atoms with van der Waals surface area (Å²) < 4.78 is 30.5. The molecule has 0 bridgehead atoms. The van der Waals surface area contributed by atoms with E-state index in [1.165, 1.54) is 31.2 Å². The number of likely N-dealkylation sites (N-methyl/N-ethyl adjacent to an activating group) is 1. The largest absolute Gasteiger partial charge is 0.468 e. The SMILES string of the molecule is COC(=O)CN(C)S(=O)(=O)c1cn(C)cn1. The van der Waals surface area contributed by atoms with Gasteiger partial charge in [-0.15, -0.1) is 0 Å². The van der Waals surface area contributed by atoms with Crippen LogP contribution in [0, 0.1) is 0 Å². The molecule has 0 N–H and O–H groups in total. The number of methoxy groups -OCH3 is 1. The molecule has 0 aliphatic carbocycles. The maximum atomic E-state index is 11.8. The standard InChI is InChI=1S/C8H13N3O4S/c1-10-4-7(9-6-10)16(13,14)11(2)5-8(12)15-3/h4,6H,5H2,1-3H3. The molecule has 0 atom stereocenters. The smallest absolute Gasteiger partial charge is 0.321 e. The van der Waals surface area contributed by atoms with E-state index in [1.807, 2.05) is 0 Å². The molecule has 0 spiro atoms. The van der Waals surface area contributed by atoms with Crippen LogP contribution >= 0.6 is 0 Å². The van der Waals surface area contributed by atoms with Crippen molar-refractivity contribution in [2.24, 2.45) is 7.05 Å². The summed E-state index contributed by atoms with van der Waals surface area (Å²) in [6.45, 7) is -0.338. The molecule has 8 heteroatoms. The highest BCUT2D eigenvalue weighted by Crippen LogP contribution is 2.10. The summed E-state index contributed by atoms with van der Waals surface area (Å²) in [6, 6.07) is 0. The number of hydrogen-bond donors (Lipinski definition) is 0. The minimum absolute atomic E-state index is 0.0959. The summed E-state index contributed by atoms with van der Waals surface area (Å²) in [5, 5.41) is -0.0959. The Morgan fingerprint density at radius 1 is 1.62 bits per heavy atom. The van der Waals surface area contributed by atoms with Gasteiger partial charge in [0.25, 0.3) is 10.0 Å². The van der Waals surface area contributed by atoms with Gasteiger partial charge in [-0.3, -0.25) is 4.79 Å². The molecule has 90 valence electrons. The van der Waals surface area contributed by atoms with Crippen LogP contribution < -0.4 is 0 Å². The topological polar surface area (TPSA) is 81.5 Å². The first kappa shape index (κ1) is 12.7. The normalized spacial score (nSPS) is 11.8. The molecule has 16 heavy (non-hydrogen) atoms. The number of carbonyl (C=O) groups excluding carboxylic acids is 1. The predicted octanol–water partition coefficient (Wildman–Crippen LogP) is -0.786. The van der Waals surface area contributed by atoms with Crippen molar-refractivity contribution >= 4 is 16.0 Å². The van der Waals surface area contributed by atoms with Crippen LogP contribution in [-0.4, -0.2) is 48.9 Å². The van der Waals surface area contributed by atoms with Gasteiger partial charge >= 0.3 is 5.97 Å². The van der Waals surface area contributed by atoms with Gasteiger partial charge in [0.1, 0.15) is 6.54 Å². The summed E-state index contributed by atoms with van der Waals surface area (Å²) in [6.07, 6.45) is 2.74. The number of aryl methyl sites for hydroxylation is 1. The molecule has 7 nitrogen and oxygen atoms in total. The molecule has 0 saturated carbocycles. The van der Waals surface area contributed by atoms with E-state index in [0.29, 0.717) is 0 Å². The summed E-state index contributed by atoms with van der Waals surface area (Å²) in [5.74, 6) is -0.623. The zero-order chi connectivity index (χ0) is 12.3. The number of hydrogen-bond acceptors (Lipinski definition) is 5. The number of imidazole rings is 1. The first-order valence-electron chi connectivity index (χ1n) is 4.39. The Hall–Kier alpha value is -1.41. The van der Waals surface area contributed by atoms with E-state index in [0.717, 1.165) is 4.31 Å². The molecule has 0 saturated heterocycles. The van der Waals surface area contributed by atoms with Gasteiger partial charge in [-0.05, 0) is 0 Å². The quantitative estimate of drug-likeness (QED) is 0.651. The fraction of sp³-hybridized carbons (Fsp3) is 0.500. The van der Waals surface area contributed by atoms with Gasteiger partial charge in [-0.2, -0.15) is 4.31 Å². The minimum Gasteiger partial charge on any atom is -0.468 e. The molecule has 0 amide bonds. The number of carbonyl (C=O) groups is 1. The average Bonchev–Trinajstić information content (AvgIpc) is 2.65. The lowest BCUT2D eigenvalue weighted by Crippen LogP contribution is -2.32. The zero-order valence-corrected chi connectivity index (χ0v) is 10.1. The van der Waals surface area contributed by atoms with Gasteiger partial charge in [-0.25, -0.2) is 13.4 Å². The zero-order valence-electron chi connectivity index (χ0n) is 9.24. The Morgan fingerprint density at radius 2 is 2.25 bits per heavy atom. The molecule has 0 radical (unpaired) electrons. The van der Waals surface area contributed by atoms with Crippen LogP contribution in [0.2, 0.25) is 0 Å². The Bertz CT molecular complexity index is 479. The summed E-state index contributed by atoms with van der Waals surface area (Å²) in [7, 11) is 0.427. The van der Waals surface area contributed by atoms with Crippen molar-refractivity contribution in [3.63, 3.8) is 0 Å². The monoisotopic (exact) mass is 247 g/mol. The van der Waals surface area contributed by atoms with E-state index in [4.69, 9.17) is 0 Å². The van der Waals surface area contributed by atoms with Crippen LogP contribution in [0.4, 0.5) is 0 Å². The number of sulfonamides is 1. The van der Waals surface area contributed by atoms with Crippen LogP contribution in [-0.2, 0) is 26.6 Å². The number of rotatable bonds is 4. The van der Waals surface area contributed by atoms with Gasteiger partial charge in [0.15, 0.2) is 5.03 Å². The van der Waals surface area contributed by atoms with Crippen molar-refractivity contribution in [1.29, 1.82) is 0 Å². The Morgan fingerprint density at radius 3 is 2.69 bits per heavy atom. The second kappa shape index (κ2) is 4.62. The Kier molecular flexibility index (Phi) is 3.66. The highest BCUT2D eigenvalue weighted by Gasteiger charge is 2.25. The van der Waals surface area contributed by atoms with Crippen molar-refractivity contribution in [2.75, 3.05) is 20.7 Å². The van der Waals surface area contributed by atoms with Gasteiger partial charge in [0.2, 0.25) is 0 Å². The molecule has 1 heterocycles. The maximum absolute atomic E-state index is 11.8. The van der Waals surface area contributed by atoms with Gasteiger partial charge in [0.05, 0.1) is 13.4 Å². The van der Waals surface area contributed by atoms with Crippen molar-refractivity contribution in [3.8, 4) is 0 Å². The summed E-state index contributed by atoms with van der Waals surface area (Å²) in [4.78, 5) is 14.7. The summed E-state index contributed by atoms with van der Waals surface area (Å²) >= 11 is 0. The van der Waals surface area contributed by atoms with Crippen molar-refractivity contribution in [2.45, 2.75) is 5.03 Å². The molecular formula is C8H13N3O4S. The fourth-order valence-corrected chi connectivity index (χ4v) is 2.09. The van der Waals surface area contributed by atoms with E-state index in [-0.39, 0.29) is 11.6 Å². The van der Waals surface area contributed by atoms with Gasteiger partial charge in [0, 0.05) is 20.3 Å². The highest BCUT2D eigenvalue weighted by atomic mass is 32.2. The van der Waals surface area contributed by atoms with E-state index < -0.39 is 16.0 Å². The van der Waals surface area contributed by atoms with Gasteiger partial charge in [-0.1, -0.05) is 0 Å². The second-order valence-electron chi connectivity index (χ2n) is 3.21. The van der Waals surface area contributed by atoms with Crippen LogP contribution in [0.15, 0.2) is 17.6 Å². The first-order valence-corrected chi connectivity index (χ1v) is 5.83. The maximum Gasteiger partial charge on any atom is 0.321 e. The van der Waals surface area contributed by atoms with Crippen LogP contribution in [0.1, 0.15) is 0 Å². The minimum atomic E-state index is -3.72. The van der Waals surface area contributed by atoms with E-state index in [9.17, 15) is 13.2 Å². The first-order chi connectivity index (χ1) is 7.37. The molecule has 0 aliphatic rings. The van der Waals surface area contributed by atoms with Crippen molar-refractivity contribution in [3.05, 3.63) is 12.5 Å². The number of aromatic nitrogens is 2. The molecular weight excluding hydrogens is 234 g/mol. The van der Waals surface area contributed by atoms with E-state index >= 15 is 0 Å². The lowest BCUT2D eigenvalue weighted by atomic mass is 10.7. The van der Waals surface area contributed by atoms with Crippen molar-refractivity contribution in [1.82, 2.24) is 13.9 Å². The molecule has 0 unspecified atom stereocenters. The highest BCUT2D eigenvalue weighted by molar-refractivity contribution is 7.89. The number of nitrogens with zero attached hydrogens (tertiary/aromatic N) is 3. The van der Waals surface area contributed by atoms with Crippen LogP contribution in [0.3, 0.4) is 0 Å². The van der Waals surface area contributed by atoms with Crippen molar-refractivity contribution < 1.29 is 17.9 Å². The lowest BCUT2D eigenvalue weighted by Gasteiger charge is -2.13. The molecule has 0 fully saturated rings.